The maximum atomic E-state index is 13.6. The zero-order valence-electron chi connectivity index (χ0n) is 20.2. The zero-order chi connectivity index (χ0) is 27.7. The largest absolute Gasteiger partial charge is 0.489 e. The van der Waals surface area contributed by atoms with Gasteiger partial charge in [-0.2, -0.15) is 26.3 Å². The number of carbonyl (C=O) groups is 1. The molecule has 0 saturated carbocycles. The average molecular weight is 532 g/mol. The second kappa shape index (κ2) is 10.3. The molecule has 0 aliphatic carbocycles. The van der Waals surface area contributed by atoms with Crippen molar-refractivity contribution in [2.45, 2.75) is 32.8 Å². The molecule has 0 aliphatic heterocycles. The van der Waals surface area contributed by atoms with E-state index in [1.54, 1.807) is 26.0 Å². The number of aryl methyl sites for hydroxylation is 1. The van der Waals surface area contributed by atoms with Crippen molar-refractivity contribution in [1.29, 1.82) is 0 Å². The van der Waals surface area contributed by atoms with E-state index in [4.69, 9.17) is 4.74 Å². The van der Waals surface area contributed by atoms with Gasteiger partial charge < -0.3 is 14.6 Å². The molecular weight excluding hydrogens is 510 g/mol. The van der Waals surface area contributed by atoms with Crippen LogP contribution in [0.15, 0.2) is 78.9 Å². The highest BCUT2D eigenvalue weighted by atomic mass is 19.4. The van der Waals surface area contributed by atoms with Gasteiger partial charge in [0.15, 0.2) is 0 Å². The van der Waals surface area contributed by atoms with Crippen LogP contribution in [0.4, 0.5) is 32.0 Å². The lowest BCUT2D eigenvalue weighted by molar-refractivity contribution is -0.139. The number of aromatic nitrogens is 1. The third-order valence-electron chi connectivity index (χ3n) is 5.94. The Morgan fingerprint density at radius 1 is 0.816 bits per heavy atom. The molecule has 4 aromatic rings. The van der Waals surface area contributed by atoms with E-state index in [1.807, 2.05) is 0 Å². The summed E-state index contributed by atoms with van der Waals surface area (Å²) >= 11 is 0. The van der Waals surface area contributed by atoms with Crippen LogP contribution in [0.5, 0.6) is 5.75 Å². The molecule has 4 rings (SSSR count). The molecule has 1 amide bonds. The van der Waals surface area contributed by atoms with Gasteiger partial charge in [-0.15, -0.1) is 0 Å². The van der Waals surface area contributed by atoms with Crippen LogP contribution in [0.2, 0.25) is 0 Å². The van der Waals surface area contributed by atoms with Crippen LogP contribution in [-0.4, -0.2) is 10.5 Å². The van der Waals surface area contributed by atoms with Crippen LogP contribution in [0.25, 0.3) is 5.69 Å². The lowest BCUT2D eigenvalue weighted by Crippen LogP contribution is -2.15. The Kier molecular flexibility index (Phi) is 7.26. The topological polar surface area (TPSA) is 43.3 Å². The quantitative estimate of drug-likeness (QED) is 0.256. The number of carbonyl (C=O) groups excluding carboxylic acids is 1. The van der Waals surface area contributed by atoms with Gasteiger partial charge in [-0.05, 0) is 50.2 Å². The highest BCUT2D eigenvalue weighted by molar-refractivity contribution is 6.05. The molecule has 0 spiro atoms. The molecular formula is C28H22F6N2O2. The lowest BCUT2D eigenvalue weighted by Gasteiger charge is -2.17. The standard InChI is InChI=1S/C28H22F6N2O2/c1-17-14-22(18(2)36(17)25-13-6-5-12-24(25)28(32,33)34)26(37)35-20-9-7-10-21(15-20)38-16-19-8-3-4-11-23(19)27(29,30)31/h3-15H,16H2,1-2H3,(H,35,37). The van der Waals surface area contributed by atoms with E-state index < -0.39 is 29.4 Å². The summed E-state index contributed by atoms with van der Waals surface area (Å²) in [6, 6.07) is 17.8. The molecule has 10 heteroatoms. The predicted molar refractivity (Wildman–Crippen MR) is 130 cm³/mol. The first-order valence-electron chi connectivity index (χ1n) is 11.4. The Labute approximate surface area is 214 Å². The molecule has 0 aliphatic rings. The normalized spacial score (nSPS) is 11.9. The highest BCUT2D eigenvalue weighted by Gasteiger charge is 2.35. The van der Waals surface area contributed by atoms with Gasteiger partial charge in [0.25, 0.3) is 5.91 Å². The van der Waals surface area contributed by atoms with Crippen LogP contribution in [0.3, 0.4) is 0 Å². The van der Waals surface area contributed by atoms with E-state index in [-0.39, 0.29) is 29.2 Å². The molecule has 0 saturated heterocycles. The van der Waals surface area contributed by atoms with E-state index in [1.165, 1.54) is 59.2 Å². The minimum Gasteiger partial charge on any atom is -0.489 e. The van der Waals surface area contributed by atoms with Crippen molar-refractivity contribution in [2.75, 3.05) is 5.32 Å². The summed E-state index contributed by atoms with van der Waals surface area (Å²) in [6.07, 6.45) is -9.11. The number of nitrogens with zero attached hydrogens (tertiary/aromatic N) is 1. The second-order valence-electron chi connectivity index (χ2n) is 8.56. The lowest BCUT2D eigenvalue weighted by atomic mass is 10.1. The van der Waals surface area contributed by atoms with Gasteiger partial charge in [0.2, 0.25) is 0 Å². The van der Waals surface area contributed by atoms with E-state index in [0.29, 0.717) is 17.1 Å². The molecule has 3 aromatic carbocycles. The summed E-state index contributed by atoms with van der Waals surface area (Å²) in [5.41, 5.74) is -0.540. The van der Waals surface area contributed by atoms with Crippen molar-refractivity contribution in [2.24, 2.45) is 0 Å². The maximum Gasteiger partial charge on any atom is 0.418 e. The number of rotatable bonds is 6. The minimum absolute atomic E-state index is 0.0407. The Balaban J connectivity index is 1.54. The van der Waals surface area contributed by atoms with E-state index in [9.17, 15) is 31.1 Å². The minimum atomic E-state index is -4.58. The van der Waals surface area contributed by atoms with Crippen molar-refractivity contribution >= 4 is 11.6 Å². The predicted octanol–water partition coefficient (Wildman–Crippen LogP) is 7.96. The molecule has 0 fully saturated rings. The Morgan fingerprint density at radius 2 is 1.45 bits per heavy atom. The number of benzene rings is 3. The summed E-state index contributed by atoms with van der Waals surface area (Å²) in [4.78, 5) is 13.0. The Bertz CT molecular complexity index is 1470. The van der Waals surface area contributed by atoms with Gasteiger partial charge >= 0.3 is 12.4 Å². The maximum absolute atomic E-state index is 13.6. The van der Waals surface area contributed by atoms with E-state index >= 15 is 0 Å². The smallest absolute Gasteiger partial charge is 0.418 e. The molecule has 38 heavy (non-hydrogen) atoms. The van der Waals surface area contributed by atoms with Crippen molar-refractivity contribution in [3.63, 3.8) is 0 Å². The fourth-order valence-corrected chi connectivity index (χ4v) is 4.22. The number of hydrogen-bond donors (Lipinski definition) is 1. The van der Waals surface area contributed by atoms with Gasteiger partial charge in [-0.3, -0.25) is 4.79 Å². The van der Waals surface area contributed by atoms with Gasteiger partial charge in [0, 0.05) is 28.7 Å². The number of hydrogen-bond acceptors (Lipinski definition) is 2. The summed E-state index contributed by atoms with van der Waals surface area (Å²) in [6.45, 7) is 2.81. The van der Waals surface area contributed by atoms with Gasteiger partial charge in [-0.1, -0.05) is 36.4 Å². The monoisotopic (exact) mass is 532 g/mol. The van der Waals surface area contributed by atoms with Gasteiger partial charge in [0.05, 0.1) is 22.4 Å². The van der Waals surface area contributed by atoms with Crippen molar-refractivity contribution in [3.8, 4) is 11.4 Å². The van der Waals surface area contributed by atoms with Crippen LogP contribution < -0.4 is 10.1 Å². The summed E-state index contributed by atoms with van der Waals surface area (Å²) in [5.74, 6) is -0.335. The first-order valence-corrected chi connectivity index (χ1v) is 11.4. The van der Waals surface area contributed by atoms with Gasteiger partial charge in [0.1, 0.15) is 12.4 Å². The van der Waals surface area contributed by atoms with Crippen LogP contribution in [0, 0.1) is 13.8 Å². The number of nitrogens with one attached hydrogen (secondary N) is 1. The fraction of sp³-hybridized carbons (Fsp3) is 0.179. The number of amides is 1. The average Bonchev–Trinajstić information content (AvgIpc) is 3.15. The molecule has 1 aromatic heterocycles. The molecule has 4 nitrogen and oxygen atoms in total. The third kappa shape index (κ3) is 5.69. The summed E-state index contributed by atoms with van der Waals surface area (Å²) in [5, 5.41) is 2.68. The molecule has 1 heterocycles. The molecule has 0 unspecified atom stereocenters. The van der Waals surface area contributed by atoms with Crippen molar-refractivity contribution < 1.29 is 35.9 Å². The first-order chi connectivity index (χ1) is 17.9. The Hall–Kier alpha value is -4.21. The van der Waals surface area contributed by atoms with Crippen molar-refractivity contribution in [1.82, 2.24) is 4.57 Å². The van der Waals surface area contributed by atoms with Gasteiger partial charge in [-0.25, -0.2) is 0 Å². The number of para-hydroxylation sites is 1. The molecule has 1 N–H and O–H groups in total. The second-order valence-corrected chi connectivity index (χ2v) is 8.56. The van der Waals surface area contributed by atoms with Crippen LogP contribution in [-0.2, 0) is 19.0 Å². The van der Waals surface area contributed by atoms with E-state index in [2.05, 4.69) is 5.32 Å². The fourth-order valence-electron chi connectivity index (χ4n) is 4.22. The Morgan fingerprint density at radius 3 is 2.13 bits per heavy atom. The number of ether oxygens (including phenoxy) is 1. The van der Waals surface area contributed by atoms with E-state index in [0.717, 1.165) is 12.1 Å². The molecule has 0 bridgehead atoms. The number of halogens is 6. The molecule has 0 atom stereocenters. The van der Waals surface area contributed by atoms with Crippen LogP contribution >= 0.6 is 0 Å². The SMILES string of the molecule is Cc1cc(C(=O)Nc2cccc(OCc3ccccc3C(F)(F)F)c2)c(C)n1-c1ccccc1C(F)(F)F. The third-order valence-corrected chi connectivity index (χ3v) is 5.94. The number of anilines is 1. The molecule has 0 radical (unpaired) electrons. The molecule has 198 valence electrons. The summed E-state index contributed by atoms with van der Waals surface area (Å²) in [7, 11) is 0. The van der Waals surface area contributed by atoms with Crippen LogP contribution in [0.1, 0.15) is 38.4 Å². The highest BCUT2D eigenvalue weighted by Crippen LogP contribution is 2.36. The number of alkyl halides is 6. The zero-order valence-corrected chi connectivity index (χ0v) is 20.2. The summed E-state index contributed by atoms with van der Waals surface area (Å²) < 4.78 is 87.4. The first kappa shape index (κ1) is 26.8. The van der Waals surface area contributed by atoms with Crippen molar-refractivity contribution in [3.05, 3.63) is 113 Å².